The largest absolute Gasteiger partial charge is 0.495 e. The molecule has 0 saturated heterocycles. The minimum absolute atomic E-state index is 0.0204. The maximum absolute atomic E-state index is 12.5. The van der Waals surface area contributed by atoms with Gasteiger partial charge in [-0.1, -0.05) is 13.8 Å². The molecular formula is C16H24N2O3. The summed E-state index contributed by atoms with van der Waals surface area (Å²) in [6, 6.07) is 5.10. The Morgan fingerprint density at radius 2 is 1.81 bits per heavy atom. The molecule has 0 radical (unpaired) electrons. The smallest absolute Gasteiger partial charge is 0.253 e. The molecule has 0 aliphatic carbocycles. The number of carbonyl (C=O) groups excluding carboxylic acids is 2. The SMILES string of the molecule is CCCN(CCC)C(=O)c1ccc(OC)c(NC(C)=O)c1. The van der Waals surface area contributed by atoms with E-state index in [0.29, 0.717) is 17.0 Å². The number of hydrogen-bond donors (Lipinski definition) is 1. The molecule has 116 valence electrons. The lowest BCUT2D eigenvalue weighted by Crippen LogP contribution is -2.32. The fraction of sp³-hybridized carbons (Fsp3) is 0.500. The van der Waals surface area contributed by atoms with E-state index >= 15 is 0 Å². The van der Waals surface area contributed by atoms with Crippen molar-refractivity contribution in [2.75, 3.05) is 25.5 Å². The second-order valence-corrected chi connectivity index (χ2v) is 4.89. The summed E-state index contributed by atoms with van der Waals surface area (Å²) in [6.45, 7) is 6.98. The number of amides is 2. The number of hydrogen-bond acceptors (Lipinski definition) is 3. The first-order valence-electron chi connectivity index (χ1n) is 7.28. The Labute approximate surface area is 126 Å². The number of anilines is 1. The maximum Gasteiger partial charge on any atom is 0.253 e. The van der Waals surface area contributed by atoms with E-state index in [2.05, 4.69) is 5.32 Å². The van der Waals surface area contributed by atoms with Gasteiger partial charge in [0.1, 0.15) is 5.75 Å². The third-order valence-corrected chi connectivity index (χ3v) is 3.03. The molecule has 0 heterocycles. The summed E-state index contributed by atoms with van der Waals surface area (Å²) in [5, 5.41) is 2.69. The highest BCUT2D eigenvalue weighted by molar-refractivity contribution is 5.97. The van der Waals surface area contributed by atoms with E-state index in [9.17, 15) is 9.59 Å². The molecule has 0 fully saturated rings. The van der Waals surface area contributed by atoms with Crippen LogP contribution >= 0.6 is 0 Å². The van der Waals surface area contributed by atoms with Crippen molar-refractivity contribution in [1.82, 2.24) is 4.90 Å². The summed E-state index contributed by atoms with van der Waals surface area (Å²) >= 11 is 0. The highest BCUT2D eigenvalue weighted by atomic mass is 16.5. The topological polar surface area (TPSA) is 58.6 Å². The van der Waals surface area contributed by atoms with Gasteiger partial charge in [0.2, 0.25) is 5.91 Å². The summed E-state index contributed by atoms with van der Waals surface area (Å²) in [5.74, 6) is 0.323. The van der Waals surface area contributed by atoms with Crippen molar-refractivity contribution >= 4 is 17.5 Å². The van der Waals surface area contributed by atoms with Gasteiger partial charge in [-0.05, 0) is 31.0 Å². The molecule has 1 N–H and O–H groups in total. The van der Waals surface area contributed by atoms with Gasteiger partial charge in [0.25, 0.3) is 5.91 Å². The Morgan fingerprint density at radius 3 is 2.29 bits per heavy atom. The van der Waals surface area contributed by atoms with E-state index in [1.807, 2.05) is 18.7 Å². The summed E-state index contributed by atoms with van der Waals surface area (Å²) < 4.78 is 5.20. The molecule has 0 aliphatic rings. The Kier molecular flexibility index (Phi) is 6.72. The van der Waals surface area contributed by atoms with Gasteiger partial charge in [-0.3, -0.25) is 9.59 Å². The molecule has 0 spiro atoms. The van der Waals surface area contributed by atoms with Crippen LogP contribution in [0.25, 0.3) is 0 Å². The minimum atomic E-state index is -0.197. The summed E-state index contributed by atoms with van der Waals surface area (Å²) in [4.78, 5) is 25.6. The Morgan fingerprint density at radius 1 is 1.19 bits per heavy atom. The zero-order valence-corrected chi connectivity index (χ0v) is 13.2. The van der Waals surface area contributed by atoms with Gasteiger partial charge in [-0.15, -0.1) is 0 Å². The van der Waals surface area contributed by atoms with Crippen LogP contribution in [0.5, 0.6) is 5.75 Å². The van der Waals surface area contributed by atoms with Gasteiger partial charge < -0.3 is 15.0 Å². The van der Waals surface area contributed by atoms with Crippen LogP contribution < -0.4 is 10.1 Å². The van der Waals surface area contributed by atoms with E-state index in [1.54, 1.807) is 18.2 Å². The van der Waals surface area contributed by atoms with Gasteiger partial charge in [0.05, 0.1) is 12.8 Å². The van der Waals surface area contributed by atoms with Crippen LogP contribution in [0.15, 0.2) is 18.2 Å². The Bertz CT molecular complexity index is 494. The Hall–Kier alpha value is -2.04. The molecule has 1 aromatic rings. The summed E-state index contributed by atoms with van der Waals surface area (Å²) in [5.41, 5.74) is 1.07. The van der Waals surface area contributed by atoms with Gasteiger partial charge in [0, 0.05) is 25.6 Å². The predicted molar refractivity (Wildman–Crippen MR) is 83.8 cm³/mol. The molecular weight excluding hydrogens is 268 g/mol. The predicted octanol–water partition coefficient (Wildman–Crippen LogP) is 2.92. The number of ether oxygens (including phenoxy) is 1. The zero-order valence-electron chi connectivity index (χ0n) is 13.2. The van der Waals surface area contributed by atoms with Crippen LogP contribution in [-0.2, 0) is 4.79 Å². The van der Waals surface area contributed by atoms with Crippen molar-refractivity contribution in [2.45, 2.75) is 33.6 Å². The molecule has 2 amide bonds. The van der Waals surface area contributed by atoms with Crippen molar-refractivity contribution in [3.63, 3.8) is 0 Å². The Balaban J connectivity index is 3.05. The number of methoxy groups -OCH3 is 1. The van der Waals surface area contributed by atoms with Gasteiger partial charge in [0.15, 0.2) is 0 Å². The number of rotatable bonds is 7. The number of benzene rings is 1. The first-order chi connectivity index (χ1) is 10.0. The van der Waals surface area contributed by atoms with E-state index in [-0.39, 0.29) is 11.8 Å². The van der Waals surface area contributed by atoms with Crippen molar-refractivity contribution in [2.24, 2.45) is 0 Å². The van der Waals surface area contributed by atoms with Crippen molar-refractivity contribution in [3.8, 4) is 5.75 Å². The molecule has 0 aromatic heterocycles. The van der Waals surface area contributed by atoms with Crippen molar-refractivity contribution in [3.05, 3.63) is 23.8 Å². The third-order valence-electron chi connectivity index (χ3n) is 3.03. The van der Waals surface area contributed by atoms with E-state index in [4.69, 9.17) is 4.74 Å². The first kappa shape index (κ1) is 17.0. The zero-order chi connectivity index (χ0) is 15.8. The van der Waals surface area contributed by atoms with E-state index < -0.39 is 0 Å². The van der Waals surface area contributed by atoms with Crippen molar-refractivity contribution in [1.29, 1.82) is 0 Å². The average Bonchev–Trinajstić information content (AvgIpc) is 2.45. The summed E-state index contributed by atoms with van der Waals surface area (Å²) in [6.07, 6.45) is 1.83. The van der Waals surface area contributed by atoms with Crippen LogP contribution in [0.4, 0.5) is 5.69 Å². The fourth-order valence-electron chi connectivity index (χ4n) is 2.17. The second-order valence-electron chi connectivity index (χ2n) is 4.89. The lowest BCUT2D eigenvalue weighted by Gasteiger charge is -2.22. The summed E-state index contributed by atoms with van der Waals surface area (Å²) in [7, 11) is 1.53. The first-order valence-corrected chi connectivity index (χ1v) is 7.28. The molecule has 0 aliphatic heterocycles. The van der Waals surface area contributed by atoms with Crippen molar-refractivity contribution < 1.29 is 14.3 Å². The molecule has 0 atom stereocenters. The highest BCUT2D eigenvalue weighted by Crippen LogP contribution is 2.26. The highest BCUT2D eigenvalue weighted by Gasteiger charge is 2.16. The third kappa shape index (κ3) is 4.77. The quantitative estimate of drug-likeness (QED) is 0.840. The van der Waals surface area contributed by atoms with Crippen LogP contribution in [-0.4, -0.2) is 36.9 Å². The lowest BCUT2D eigenvalue weighted by molar-refractivity contribution is -0.114. The number of nitrogens with zero attached hydrogens (tertiary/aromatic N) is 1. The number of carbonyl (C=O) groups is 2. The van der Waals surface area contributed by atoms with Crippen LogP contribution in [0, 0.1) is 0 Å². The molecule has 0 unspecified atom stereocenters. The molecule has 1 aromatic carbocycles. The lowest BCUT2D eigenvalue weighted by atomic mass is 10.1. The van der Waals surface area contributed by atoms with E-state index in [1.165, 1.54) is 14.0 Å². The van der Waals surface area contributed by atoms with Gasteiger partial charge in [-0.25, -0.2) is 0 Å². The minimum Gasteiger partial charge on any atom is -0.495 e. The van der Waals surface area contributed by atoms with Gasteiger partial charge >= 0.3 is 0 Å². The van der Waals surface area contributed by atoms with Crippen LogP contribution in [0.3, 0.4) is 0 Å². The molecule has 5 nitrogen and oxygen atoms in total. The standard InChI is InChI=1S/C16H24N2O3/c1-5-9-18(10-6-2)16(20)13-7-8-15(21-4)14(11-13)17-12(3)19/h7-8,11H,5-6,9-10H2,1-4H3,(H,17,19). The molecule has 1 rings (SSSR count). The van der Waals surface area contributed by atoms with Crippen LogP contribution in [0.2, 0.25) is 0 Å². The molecule has 0 bridgehead atoms. The number of nitrogens with one attached hydrogen (secondary N) is 1. The van der Waals surface area contributed by atoms with Crippen LogP contribution in [0.1, 0.15) is 44.0 Å². The maximum atomic E-state index is 12.5. The molecule has 5 heteroatoms. The fourth-order valence-corrected chi connectivity index (χ4v) is 2.17. The monoisotopic (exact) mass is 292 g/mol. The van der Waals surface area contributed by atoms with E-state index in [0.717, 1.165) is 25.9 Å². The average molecular weight is 292 g/mol. The van der Waals surface area contributed by atoms with Gasteiger partial charge in [-0.2, -0.15) is 0 Å². The normalized spacial score (nSPS) is 10.1. The second kappa shape index (κ2) is 8.29. The molecule has 21 heavy (non-hydrogen) atoms. The molecule has 0 saturated carbocycles.